The SMILES string of the molecule is O=C(CCN1C(=O)Cc2ccccc2C1=O)Nc1ccc(Oc2ccccc2)cc1. The average Bonchev–Trinajstić information content (AvgIpc) is 2.76. The number of nitrogens with one attached hydrogen (secondary N) is 1. The maximum absolute atomic E-state index is 12.5. The minimum Gasteiger partial charge on any atom is -0.457 e. The largest absolute Gasteiger partial charge is 0.457 e. The van der Waals surface area contributed by atoms with Crippen LogP contribution in [0.2, 0.25) is 0 Å². The number of hydrogen-bond donors (Lipinski definition) is 1. The van der Waals surface area contributed by atoms with E-state index in [0.717, 1.165) is 16.2 Å². The monoisotopic (exact) mass is 400 g/mol. The Kier molecular flexibility index (Phi) is 5.57. The molecule has 1 N–H and O–H groups in total. The van der Waals surface area contributed by atoms with Crippen molar-refractivity contribution in [3.8, 4) is 11.5 Å². The predicted molar refractivity (Wildman–Crippen MR) is 112 cm³/mol. The van der Waals surface area contributed by atoms with Crippen molar-refractivity contribution in [2.24, 2.45) is 0 Å². The van der Waals surface area contributed by atoms with Gasteiger partial charge in [0.15, 0.2) is 0 Å². The second kappa shape index (κ2) is 8.61. The third kappa shape index (κ3) is 4.38. The van der Waals surface area contributed by atoms with Crippen LogP contribution in [0.15, 0.2) is 78.9 Å². The van der Waals surface area contributed by atoms with E-state index in [9.17, 15) is 14.4 Å². The molecule has 3 aromatic rings. The summed E-state index contributed by atoms with van der Waals surface area (Å²) < 4.78 is 5.72. The van der Waals surface area contributed by atoms with Crippen molar-refractivity contribution in [1.82, 2.24) is 4.90 Å². The zero-order chi connectivity index (χ0) is 20.9. The summed E-state index contributed by atoms with van der Waals surface area (Å²) in [6, 6.07) is 23.5. The van der Waals surface area contributed by atoms with E-state index in [1.807, 2.05) is 30.3 Å². The van der Waals surface area contributed by atoms with Gasteiger partial charge in [-0.2, -0.15) is 0 Å². The van der Waals surface area contributed by atoms with Crippen LogP contribution >= 0.6 is 0 Å². The number of fused-ring (bicyclic) bond motifs is 1. The predicted octanol–water partition coefficient (Wildman–Crippen LogP) is 4.03. The Bertz CT molecular complexity index is 1080. The number of imide groups is 1. The summed E-state index contributed by atoms with van der Waals surface area (Å²) in [4.78, 5) is 38.3. The minimum atomic E-state index is -0.350. The summed E-state index contributed by atoms with van der Waals surface area (Å²) >= 11 is 0. The minimum absolute atomic E-state index is 0.0297. The highest BCUT2D eigenvalue weighted by Crippen LogP contribution is 2.23. The summed E-state index contributed by atoms with van der Waals surface area (Å²) in [6.07, 6.45) is 0.203. The van der Waals surface area contributed by atoms with Crippen LogP contribution in [0.4, 0.5) is 5.69 Å². The van der Waals surface area contributed by atoms with Gasteiger partial charge in [0.1, 0.15) is 11.5 Å². The van der Waals surface area contributed by atoms with E-state index < -0.39 is 0 Å². The van der Waals surface area contributed by atoms with Crippen LogP contribution in [0.5, 0.6) is 11.5 Å². The molecule has 0 radical (unpaired) electrons. The fourth-order valence-corrected chi connectivity index (χ4v) is 3.29. The number of ether oxygens (including phenoxy) is 1. The molecule has 6 heteroatoms. The molecule has 0 spiro atoms. The van der Waals surface area contributed by atoms with Crippen molar-refractivity contribution in [3.05, 3.63) is 90.0 Å². The number of para-hydroxylation sites is 1. The Balaban J connectivity index is 1.32. The van der Waals surface area contributed by atoms with Crippen molar-refractivity contribution in [2.45, 2.75) is 12.8 Å². The normalized spacial score (nSPS) is 13.0. The van der Waals surface area contributed by atoms with E-state index in [1.165, 1.54) is 0 Å². The first-order chi connectivity index (χ1) is 14.6. The Morgan fingerprint density at radius 2 is 1.53 bits per heavy atom. The highest BCUT2D eigenvalue weighted by Gasteiger charge is 2.30. The quantitative estimate of drug-likeness (QED) is 0.634. The Hall–Kier alpha value is -3.93. The fraction of sp³-hybridized carbons (Fsp3) is 0.125. The molecule has 1 aliphatic rings. The number of hydrogen-bond acceptors (Lipinski definition) is 4. The van der Waals surface area contributed by atoms with Crippen LogP contribution in [-0.4, -0.2) is 29.2 Å². The second-order valence-corrected chi connectivity index (χ2v) is 6.92. The van der Waals surface area contributed by atoms with Crippen LogP contribution < -0.4 is 10.1 Å². The molecular weight excluding hydrogens is 380 g/mol. The van der Waals surface area contributed by atoms with Crippen LogP contribution in [0.25, 0.3) is 0 Å². The van der Waals surface area contributed by atoms with E-state index in [2.05, 4.69) is 5.32 Å². The van der Waals surface area contributed by atoms with Gasteiger partial charge in [-0.15, -0.1) is 0 Å². The van der Waals surface area contributed by atoms with Gasteiger partial charge < -0.3 is 10.1 Å². The third-order valence-corrected chi connectivity index (χ3v) is 4.82. The van der Waals surface area contributed by atoms with E-state index in [-0.39, 0.29) is 37.1 Å². The maximum atomic E-state index is 12.5. The van der Waals surface area contributed by atoms with Crippen molar-refractivity contribution >= 4 is 23.4 Å². The molecule has 0 atom stereocenters. The lowest BCUT2D eigenvalue weighted by atomic mass is 9.98. The summed E-state index contributed by atoms with van der Waals surface area (Å²) in [7, 11) is 0. The van der Waals surface area contributed by atoms with Gasteiger partial charge in [-0.3, -0.25) is 19.3 Å². The van der Waals surface area contributed by atoms with E-state index in [4.69, 9.17) is 4.74 Å². The molecule has 1 aliphatic heterocycles. The lowest BCUT2D eigenvalue weighted by Gasteiger charge is -2.26. The first kappa shape index (κ1) is 19.4. The average molecular weight is 400 g/mol. The Morgan fingerprint density at radius 3 is 2.30 bits per heavy atom. The molecular formula is C24H20N2O4. The molecule has 0 unspecified atom stereocenters. The molecule has 6 nitrogen and oxygen atoms in total. The number of nitrogens with zero attached hydrogens (tertiary/aromatic N) is 1. The molecule has 3 amide bonds. The van der Waals surface area contributed by atoms with E-state index in [1.54, 1.807) is 48.5 Å². The van der Waals surface area contributed by atoms with Crippen LogP contribution in [0.3, 0.4) is 0 Å². The van der Waals surface area contributed by atoms with Gasteiger partial charge in [-0.05, 0) is 48.0 Å². The Morgan fingerprint density at radius 1 is 0.867 bits per heavy atom. The standard InChI is InChI=1S/C24H20N2O4/c27-22(14-15-26-23(28)16-17-6-4-5-9-21(17)24(26)29)25-18-10-12-20(13-11-18)30-19-7-2-1-3-8-19/h1-13H,14-16H2,(H,25,27). The number of benzene rings is 3. The van der Waals surface area contributed by atoms with Gasteiger partial charge in [0.05, 0.1) is 6.42 Å². The molecule has 0 saturated heterocycles. The summed E-state index contributed by atoms with van der Waals surface area (Å²) in [5, 5.41) is 2.78. The lowest BCUT2D eigenvalue weighted by molar-refractivity contribution is -0.128. The second-order valence-electron chi connectivity index (χ2n) is 6.92. The highest BCUT2D eigenvalue weighted by molar-refractivity contribution is 6.10. The number of carbonyl (C=O) groups excluding carboxylic acids is 3. The molecule has 0 aromatic heterocycles. The van der Waals surface area contributed by atoms with Crippen molar-refractivity contribution < 1.29 is 19.1 Å². The highest BCUT2D eigenvalue weighted by atomic mass is 16.5. The van der Waals surface area contributed by atoms with E-state index in [0.29, 0.717) is 17.0 Å². The molecule has 0 saturated carbocycles. The lowest BCUT2D eigenvalue weighted by Crippen LogP contribution is -2.43. The zero-order valence-electron chi connectivity index (χ0n) is 16.2. The van der Waals surface area contributed by atoms with Gasteiger partial charge in [-0.25, -0.2) is 0 Å². The first-order valence-electron chi connectivity index (χ1n) is 9.65. The summed E-state index contributed by atoms with van der Waals surface area (Å²) in [5.74, 6) is 0.478. The van der Waals surface area contributed by atoms with Crippen molar-refractivity contribution in [2.75, 3.05) is 11.9 Å². The van der Waals surface area contributed by atoms with Crippen molar-refractivity contribution in [1.29, 1.82) is 0 Å². The topological polar surface area (TPSA) is 75.7 Å². The smallest absolute Gasteiger partial charge is 0.260 e. The fourth-order valence-electron chi connectivity index (χ4n) is 3.29. The van der Waals surface area contributed by atoms with Crippen LogP contribution in [0.1, 0.15) is 22.3 Å². The zero-order valence-corrected chi connectivity index (χ0v) is 16.2. The molecule has 0 bridgehead atoms. The molecule has 0 fully saturated rings. The van der Waals surface area contributed by atoms with Gasteiger partial charge in [0, 0.05) is 24.2 Å². The van der Waals surface area contributed by atoms with Gasteiger partial charge >= 0.3 is 0 Å². The number of carbonyl (C=O) groups is 3. The third-order valence-electron chi connectivity index (χ3n) is 4.82. The Labute approximate surface area is 174 Å². The molecule has 0 aliphatic carbocycles. The van der Waals surface area contributed by atoms with Gasteiger partial charge in [0.25, 0.3) is 5.91 Å². The number of amides is 3. The molecule has 3 aromatic carbocycles. The van der Waals surface area contributed by atoms with E-state index >= 15 is 0 Å². The number of anilines is 1. The molecule has 30 heavy (non-hydrogen) atoms. The molecule has 4 rings (SSSR count). The van der Waals surface area contributed by atoms with Gasteiger partial charge in [-0.1, -0.05) is 36.4 Å². The number of rotatable bonds is 6. The van der Waals surface area contributed by atoms with Crippen LogP contribution in [0, 0.1) is 0 Å². The van der Waals surface area contributed by atoms with Crippen molar-refractivity contribution in [3.63, 3.8) is 0 Å². The molecule has 1 heterocycles. The first-order valence-corrected chi connectivity index (χ1v) is 9.65. The van der Waals surface area contributed by atoms with Gasteiger partial charge in [0.2, 0.25) is 11.8 Å². The maximum Gasteiger partial charge on any atom is 0.260 e. The summed E-state index contributed by atoms with van der Waals surface area (Å²) in [5.41, 5.74) is 1.86. The summed E-state index contributed by atoms with van der Waals surface area (Å²) in [6.45, 7) is 0.0486. The van der Waals surface area contributed by atoms with Crippen LogP contribution in [-0.2, 0) is 16.0 Å². The molecule has 150 valence electrons.